The lowest BCUT2D eigenvalue weighted by molar-refractivity contribution is -0.122. The van der Waals surface area contributed by atoms with Gasteiger partial charge in [0.1, 0.15) is 6.17 Å². The summed E-state index contributed by atoms with van der Waals surface area (Å²) in [7, 11) is 0. The fourth-order valence-corrected chi connectivity index (χ4v) is 4.15. The normalized spacial score (nSPS) is 12.3. The van der Waals surface area contributed by atoms with Gasteiger partial charge in [0.15, 0.2) is 5.11 Å². The van der Waals surface area contributed by atoms with Crippen LogP contribution < -0.4 is 16.0 Å². The molecule has 1 rings (SSSR count). The Kier molecular flexibility index (Phi) is 16.6. The number of halogens is 4. The summed E-state index contributed by atoms with van der Waals surface area (Å²) in [4.78, 5) is 12.4. The average molecular weight is 557 g/mol. The van der Waals surface area contributed by atoms with Gasteiger partial charge in [-0.1, -0.05) is 136 Å². The molecule has 1 aromatic carbocycles. The van der Waals surface area contributed by atoms with Gasteiger partial charge in [-0.3, -0.25) is 4.79 Å². The largest absolute Gasteiger partial charge is 0.339 e. The maximum Gasteiger partial charge on any atom is 0.228 e. The van der Waals surface area contributed by atoms with Crippen LogP contribution >= 0.6 is 58.6 Å². The van der Waals surface area contributed by atoms with Gasteiger partial charge in [0.05, 0.1) is 10.7 Å². The molecule has 4 nitrogen and oxygen atoms in total. The second-order valence-electron chi connectivity index (χ2n) is 8.26. The van der Waals surface area contributed by atoms with E-state index in [0.29, 0.717) is 17.1 Å². The number of amides is 1. The third kappa shape index (κ3) is 15.2. The fourth-order valence-electron chi connectivity index (χ4n) is 3.41. The van der Waals surface area contributed by atoms with E-state index in [1.54, 1.807) is 12.1 Å². The van der Waals surface area contributed by atoms with Crippen molar-refractivity contribution in [1.29, 1.82) is 0 Å². The summed E-state index contributed by atoms with van der Waals surface area (Å²) in [5.74, 6) is -0.188. The standard InChI is InChI=1S/C24H37Cl4N3OS/c1-2-3-4-5-6-7-8-9-10-11-12-13-18-21(32)30-22(24(26,27)28)31-23(33)29-20-17-15-14-16-19(20)25/h14-17,22H,2-13,18H2,1H3,(H,30,32)(H2,29,31,33)/t22-/m1/s1. The highest BCUT2D eigenvalue weighted by Gasteiger charge is 2.34. The molecule has 0 bridgehead atoms. The van der Waals surface area contributed by atoms with Gasteiger partial charge in [-0.25, -0.2) is 0 Å². The van der Waals surface area contributed by atoms with Crippen molar-refractivity contribution in [1.82, 2.24) is 10.6 Å². The molecule has 0 aliphatic heterocycles. The number of rotatable bonds is 16. The molecule has 0 saturated heterocycles. The van der Waals surface area contributed by atoms with Crippen LogP contribution in [0.5, 0.6) is 0 Å². The van der Waals surface area contributed by atoms with Crippen LogP contribution in [0.3, 0.4) is 0 Å². The lowest BCUT2D eigenvalue weighted by Gasteiger charge is -2.28. The Morgan fingerprint density at radius 3 is 1.91 bits per heavy atom. The average Bonchev–Trinajstić information content (AvgIpc) is 2.75. The lowest BCUT2D eigenvalue weighted by atomic mass is 10.0. The van der Waals surface area contributed by atoms with Gasteiger partial charge in [-0.15, -0.1) is 0 Å². The summed E-state index contributed by atoms with van der Waals surface area (Å²) >= 11 is 29.5. The van der Waals surface area contributed by atoms with Crippen LogP contribution in [-0.2, 0) is 4.79 Å². The highest BCUT2D eigenvalue weighted by molar-refractivity contribution is 7.80. The van der Waals surface area contributed by atoms with E-state index in [1.165, 1.54) is 57.8 Å². The van der Waals surface area contributed by atoms with Gasteiger partial charge in [-0.05, 0) is 30.8 Å². The highest BCUT2D eigenvalue weighted by Crippen LogP contribution is 2.29. The monoisotopic (exact) mass is 555 g/mol. The van der Waals surface area contributed by atoms with E-state index < -0.39 is 9.96 Å². The number of hydrogen-bond donors (Lipinski definition) is 3. The zero-order chi connectivity index (χ0) is 24.5. The molecule has 0 radical (unpaired) electrons. The van der Waals surface area contributed by atoms with E-state index in [1.807, 2.05) is 12.1 Å². The molecule has 3 N–H and O–H groups in total. The molecule has 0 unspecified atom stereocenters. The maximum absolute atomic E-state index is 12.4. The quantitative estimate of drug-likeness (QED) is 0.0826. The van der Waals surface area contributed by atoms with Gasteiger partial charge >= 0.3 is 0 Å². The summed E-state index contributed by atoms with van der Waals surface area (Å²) in [6.45, 7) is 2.25. The minimum Gasteiger partial charge on any atom is -0.339 e. The molecular formula is C24H37Cl4N3OS. The molecule has 0 aliphatic carbocycles. The Morgan fingerprint density at radius 1 is 0.879 bits per heavy atom. The third-order valence-corrected chi connectivity index (χ3v) is 6.49. The van der Waals surface area contributed by atoms with Crippen LogP contribution in [0.25, 0.3) is 0 Å². The summed E-state index contributed by atoms with van der Waals surface area (Å²) < 4.78 is -1.78. The van der Waals surface area contributed by atoms with Crippen molar-refractivity contribution in [2.45, 2.75) is 100 Å². The number of carbonyl (C=O) groups is 1. The molecule has 0 saturated carbocycles. The maximum atomic E-state index is 12.4. The first-order valence-electron chi connectivity index (χ1n) is 11.9. The van der Waals surface area contributed by atoms with Crippen molar-refractivity contribution in [2.24, 2.45) is 0 Å². The molecule has 9 heteroatoms. The summed E-state index contributed by atoms with van der Waals surface area (Å²) in [5.41, 5.74) is 0.613. The number of alkyl halides is 3. The van der Waals surface area contributed by atoms with Crippen LogP contribution in [0.15, 0.2) is 24.3 Å². The summed E-state index contributed by atoms with van der Waals surface area (Å²) in [6.07, 6.45) is 14.3. The SMILES string of the molecule is CCCCCCCCCCCCCCC(=O)N[C@H](NC(=S)Nc1ccccc1Cl)C(Cl)(Cl)Cl. The molecule has 188 valence electrons. The Bertz CT molecular complexity index is 701. The number of thiocarbonyl (C=S) groups is 1. The first kappa shape index (κ1) is 30.6. The number of nitrogens with one attached hydrogen (secondary N) is 3. The molecule has 0 fully saturated rings. The Labute approximate surface area is 224 Å². The first-order chi connectivity index (χ1) is 15.7. The number of para-hydroxylation sites is 1. The first-order valence-corrected chi connectivity index (χ1v) is 13.8. The van der Waals surface area contributed by atoms with Crippen LogP contribution in [0.2, 0.25) is 5.02 Å². The van der Waals surface area contributed by atoms with Crippen molar-refractivity contribution in [3.05, 3.63) is 29.3 Å². The zero-order valence-electron chi connectivity index (χ0n) is 19.4. The molecule has 0 spiro atoms. The minimum absolute atomic E-state index is 0.185. The van der Waals surface area contributed by atoms with Gasteiger partial charge in [0.25, 0.3) is 0 Å². The molecule has 0 heterocycles. The lowest BCUT2D eigenvalue weighted by Crippen LogP contribution is -2.56. The smallest absolute Gasteiger partial charge is 0.228 e. The van der Waals surface area contributed by atoms with E-state index >= 15 is 0 Å². The van der Waals surface area contributed by atoms with Gasteiger partial charge in [-0.2, -0.15) is 0 Å². The van der Waals surface area contributed by atoms with Crippen molar-refractivity contribution in [2.75, 3.05) is 5.32 Å². The van der Waals surface area contributed by atoms with Gasteiger partial charge in [0, 0.05) is 6.42 Å². The van der Waals surface area contributed by atoms with Crippen LogP contribution in [-0.4, -0.2) is 21.0 Å². The number of anilines is 1. The minimum atomic E-state index is -1.78. The fraction of sp³-hybridized carbons (Fsp3) is 0.667. The second kappa shape index (κ2) is 17.9. The van der Waals surface area contributed by atoms with Crippen molar-refractivity contribution < 1.29 is 4.79 Å². The van der Waals surface area contributed by atoms with E-state index in [-0.39, 0.29) is 11.0 Å². The predicted octanol–water partition coefficient (Wildman–Crippen LogP) is 8.53. The van der Waals surface area contributed by atoms with Crippen molar-refractivity contribution in [3.8, 4) is 0 Å². The van der Waals surface area contributed by atoms with Gasteiger partial charge < -0.3 is 16.0 Å². The molecule has 1 amide bonds. The molecular weight excluding hydrogens is 520 g/mol. The Morgan fingerprint density at radius 2 is 1.39 bits per heavy atom. The molecule has 33 heavy (non-hydrogen) atoms. The van der Waals surface area contributed by atoms with Crippen molar-refractivity contribution >= 4 is 75.3 Å². The molecule has 0 aromatic heterocycles. The Balaban J connectivity index is 2.23. The number of hydrogen-bond acceptors (Lipinski definition) is 2. The van der Waals surface area contributed by atoms with Crippen molar-refractivity contribution in [3.63, 3.8) is 0 Å². The zero-order valence-corrected chi connectivity index (χ0v) is 23.2. The second-order valence-corrected chi connectivity index (χ2v) is 11.4. The van der Waals surface area contributed by atoms with E-state index in [9.17, 15) is 4.79 Å². The number of benzene rings is 1. The third-order valence-electron chi connectivity index (χ3n) is 5.29. The topological polar surface area (TPSA) is 53.2 Å². The molecule has 0 aliphatic rings. The van der Waals surface area contributed by atoms with Crippen LogP contribution in [0.1, 0.15) is 90.4 Å². The molecule has 1 atom stereocenters. The Hall–Kier alpha value is -0.460. The number of carbonyl (C=O) groups excluding carboxylic acids is 1. The van der Waals surface area contributed by atoms with E-state index in [0.717, 1.165) is 19.3 Å². The van der Waals surface area contributed by atoms with Gasteiger partial charge in [0.2, 0.25) is 9.70 Å². The van der Waals surface area contributed by atoms with E-state index in [2.05, 4.69) is 22.9 Å². The van der Waals surface area contributed by atoms with Crippen LogP contribution in [0, 0.1) is 0 Å². The highest BCUT2D eigenvalue weighted by atomic mass is 35.6. The van der Waals surface area contributed by atoms with Crippen LogP contribution in [0.4, 0.5) is 5.69 Å². The predicted molar refractivity (Wildman–Crippen MR) is 149 cm³/mol. The summed E-state index contributed by atoms with van der Waals surface area (Å²) in [5, 5.41) is 9.19. The number of unbranched alkanes of at least 4 members (excludes halogenated alkanes) is 11. The summed E-state index contributed by atoms with van der Waals surface area (Å²) in [6, 6.07) is 7.13. The van der Waals surface area contributed by atoms with E-state index in [4.69, 9.17) is 58.6 Å². The molecule has 1 aromatic rings.